The number of aromatic nitrogens is 5. The van der Waals surface area contributed by atoms with E-state index >= 15 is 0 Å². The van der Waals surface area contributed by atoms with Gasteiger partial charge in [0.1, 0.15) is 11.5 Å². The van der Waals surface area contributed by atoms with Gasteiger partial charge in [-0.05, 0) is 42.7 Å². The zero-order valence-corrected chi connectivity index (χ0v) is 15.8. The van der Waals surface area contributed by atoms with E-state index in [1.54, 1.807) is 18.5 Å². The van der Waals surface area contributed by atoms with Crippen molar-refractivity contribution in [3.63, 3.8) is 0 Å². The molecule has 4 rings (SSSR count). The van der Waals surface area contributed by atoms with Gasteiger partial charge in [0.15, 0.2) is 0 Å². The Labute approximate surface area is 162 Å². The van der Waals surface area contributed by atoms with Crippen molar-refractivity contribution < 1.29 is 4.79 Å². The zero-order valence-electron chi connectivity index (χ0n) is 15.8. The van der Waals surface area contributed by atoms with E-state index in [9.17, 15) is 4.79 Å². The van der Waals surface area contributed by atoms with E-state index < -0.39 is 0 Å². The highest BCUT2D eigenvalue weighted by Crippen LogP contribution is 2.23. The van der Waals surface area contributed by atoms with E-state index in [1.165, 1.54) is 0 Å². The second kappa shape index (κ2) is 7.64. The summed E-state index contributed by atoms with van der Waals surface area (Å²) in [6.07, 6.45) is 4.19. The maximum atomic E-state index is 12.8. The van der Waals surface area contributed by atoms with E-state index in [4.69, 9.17) is 0 Å². The van der Waals surface area contributed by atoms with Crippen LogP contribution in [0.1, 0.15) is 42.6 Å². The smallest absolute Gasteiger partial charge is 0.269 e. The lowest BCUT2D eigenvalue weighted by Gasteiger charge is -2.18. The van der Waals surface area contributed by atoms with Crippen molar-refractivity contribution in [2.75, 3.05) is 0 Å². The van der Waals surface area contributed by atoms with Gasteiger partial charge in [0.2, 0.25) is 0 Å². The monoisotopic (exact) mass is 374 g/mol. The number of nitrogens with one attached hydrogen (secondary N) is 3. The van der Waals surface area contributed by atoms with Gasteiger partial charge in [0, 0.05) is 18.0 Å². The van der Waals surface area contributed by atoms with E-state index in [0.717, 1.165) is 28.8 Å². The number of para-hydroxylation sites is 2. The number of nitrogens with zero attached hydrogens (tertiary/aromatic N) is 3. The second-order valence-corrected chi connectivity index (χ2v) is 7.20. The molecule has 3 N–H and O–H groups in total. The molecule has 0 aliphatic rings. The molecule has 0 saturated heterocycles. The Balaban J connectivity index is 1.57. The topological polar surface area (TPSA) is 99.3 Å². The number of pyridine rings is 1. The molecule has 0 aliphatic heterocycles. The molecule has 0 spiro atoms. The van der Waals surface area contributed by atoms with Crippen LogP contribution in [0.2, 0.25) is 0 Å². The summed E-state index contributed by atoms with van der Waals surface area (Å²) in [7, 11) is 0. The van der Waals surface area contributed by atoms with Crippen LogP contribution in [0.4, 0.5) is 0 Å². The lowest BCUT2D eigenvalue weighted by Crippen LogP contribution is -2.30. The molecule has 1 aromatic carbocycles. The highest BCUT2D eigenvalue weighted by atomic mass is 16.2. The fourth-order valence-corrected chi connectivity index (χ4v) is 3.18. The average molecular weight is 374 g/mol. The fourth-order valence-electron chi connectivity index (χ4n) is 3.18. The van der Waals surface area contributed by atoms with Crippen LogP contribution in [0, 0.1) is 5.92 Å². The van der Waals surface area contributed by atoms with Crippen LogP contribution in [0.5, 0.6) is 0 Å². The number of carbonyl (C=O) groups excluding carboxylic acids is 1. The molecular weight excluding hydrogens is 352 g/mol. The summed E-state index contributed by atoms with van der Waals surface area (Å²) in [4.78, 5) is 24.9. The number of amides is 1. The standard InChI is InChI=1S/C21H22N6O/c1-13(2)10-18(20-23-15-7-3-4-8-16(15)24-20)25-21(28)19-11-17(26-27-19)14-6-5-9-22-12-14/h3-9,11-13,18H,10H2,1-2H3,(H,23,24)(H,25,28)(H,26,27)/t18-/m0/s1. The summed E-state index contributed by atoms with van der Waals surface area (Å²) in [5.41, 5.74) is 3.79. The van der Waals surface area contributed by atoms with Crippen LogP contribution in [0.3, 0.4) is 0 Å². The first kappa shape index (κ1) is 17.9. The van der Waals surface area contributed by atoms with Crippen LogP contribution in [-0.4, -0.2) is 31.1 Å². The predicted molar refractivity (Wildman–Crippen MR) is 108 cm³/mol. The quantitative estimate of drug-likeness (QED) is 0.477. The zero-order chi connectivity index (χ0) is 19.5. The first-order valence-electron chi connectivity index (χ1n) is 9.31. The lowest BCUT2D eigenvalue weighted by molar-refractivity contribution is 0.0925. The number of hydrogen-bond acceptors (Lipinski definition) is 4. The Kier molecular flexibility index (Phi) is 4.89. The van der Waals surface area contributed by atoms with Crippen LogP contribution in [0.25, 0.3) is 22.3 Å². The van der Waals surface area contributed by atoms with Crippen molar-refractivity contribution in [3.05, 3.63) is 66.4 Å². The number of carbonyl (C=O) groups is 1. The first-order valence-corrected chi connectivity index (χ1v) is 9.31. The Morgan fingerprint density at radius 2 is 2.04 bits per heavy atom. The van der Waals surface area contributed by atoms with Gasteiger partial charge in [-0.2, -0.15) is 5.10 Å². The SMILES string of the molecule is CC(C)C[C@H](NC(=O)c1cc(-c2cccnc2)n[nH]1)c1nc2ccccc2[nH]1. The van der Waals surface area contributed by atoms with Crippen molar-refractivity contribution in [1.29, 1.82) is 0 Å². The molecule has 28 heavy (non-hydrogen) atoms. The Hall–Kier alpha value is -3.48. The number of benzene rings is 1. The molecule has 1 atom stereocenters. The van der Waals surface area contributed by atoms with E-state index in [2.05, 4.69) is 44.3 Å². The van der Waals surface area contributed by atoms with Gasteiger partial charge >= 0.3 is 0 Å². The minimum atomic E-state index is -0.218. The Morgan fingerprint density at radius 1 is 1.18 bits per heavy atom. The van der Waals surface area contributed by atoms with Gasteiger partial charge in [-0.3, -0.25) is 14.9 Å². The summed E-state index contributed by atoms with van der Waals surface area (Å²) in [5.74, 6) is 0.940. The highest BCUT2D eigenvalue weighted by molar-refractivity contribution is 5.93. The number of hydrogen-bond donors (Lipinski definition) is 3. The van der Waals surface area contributed by atoms with Crippen LogP contribution in [-0.2, 0) is 0 Å². The summed E-state index contributed by atoms with van der Waals surface area (Å²) >= 11 is 0. The van der Waals surface area contributed by atoms with E-state index in [0.29, 0.717) is 17.3 Å². The lowest BCUT2D eigenvalue weighted by atomic mass is 10.0. The van der Waals surface area contributed by atoms with Crippen LogP contribution >= 0.6 is 0 Å². The van der Waals surface area contributed by atoms with Gasteiger partial charge in [-0.15, -0.1) is 0 Å². The molecule has 3 aromatic heterocycles. The largest absolute Gasteiger partial charge is 0.341 e. The number of fused-ring (bicyclic) bond motifs is 1. The molecule has 1 amide bonds. The molecule has 0 fully saturated rings. The van der Waals surface area contributed by atoms with Gasteiger partial charge < -0.3 is 10.3 Å². The van der Waals surface area contributed by atoms with E-state index in [-0.39, 0.29) is 11.9 Å². The number of aromatic amines is 2. The fraction of sp³-hybridized carbons (Fsp3) is 0.238. The Morgan fingerprint density at radius 3 is 2.79 bits per heavy atom. The average Bonchev–Trinajstić information content (AvgIpc) is 3.35. The van der Waals surface area contributed by atoms with Crippen molar-refractivity contribution in [3.8, 4) is 11.3 Å². The molecule has 0 bridgehead atoms. The highest BCUT2D eigenvalue weighted by Gasteiger charge is 2.21. The second-order valence-electron chi connectivity index (χ2n) is 7.20. The molecule has 3 heterocycles. The third-order valence-corrected chi connectivity index (χ3v) is 4.53. The minimum Gasteiger partial charge on any atom is -0.341 e. The van der Waals surface area contributed by atoms with Gasteiger partial charge in [-0.25, -0.2) is 4.98 Å². The molecule has 0 aliphatic carbocycles. The normalized spacial score (nSPS) is 12.4. The predicted octanol–water partition coefficient (Wildman–Crippen LogP) is 3.87. The van der Waals surface area contributed by atoms with Crippen molar-refractivity contribution in [2.24, 2.45) is 5.92 Å². The first-order chi connectivity index (χ1) is 13.6. The van der Waals surface area contributed by atoms with E-state index in [1.807, 2.05) is 36.4 Å². The molecule has 0 radical (unpaired) electrons. The molecular formula is C21H22N6O. The van der Waals surface area contributed by atoms with Gasteiger partial charge in [-0.1, -0.05) is 26.0 Å². The van der Waals surface area contributed by atoms with Crippen molar-refractivity contribution in [1.82, 2.24) is 30.5 Å². The minimum absolute atomic E-state index is 0.214. The number of imidazole rings is 1. The molecule has 4 aromatic rings. The summed E-state index contributed by atoms with van der Waals surface area (Å²) in [6.45, 7) is 4.25. The number of rotatable bonds is 6. The maximum absolute atomic E-state index is 12.8. The Bertz CT molecular complexity index is 1050. The maximum Gasteiger partial charge on any atom is 0.269 e. The van der Waals surface area contributed by atoms with Crippen molar-refractivity contribution in [2.45, 2.75) is 26.3 Å². The molecule has 7 nitrogen and oxygen atoms in total. The van der Waals surface area contributed by atoms with Crippen LogP contribution < -0.4 is 5.32 Å². The third kappa shape index (κ3) is 3.78. The molecule has 0 saturated carbocycles. The summed E-state index contributed by atoms with van der Waals surface area (Å²) < 4.78 is 0. The summed E-state index contributed by atoms with van der Waals surface area (Å²) in [5, 5.41) is 10.1. The molecule has 0 unspecified atom stereocenters. The number of H-pyrrole nitrogens is 2. The van der Waals surface area contributed by atoms with Crippen LogP contribution in [0.15, 0.2) is 54.9 Å². The summed E-state index contributed by atoms with van der Waals surface area (Å²) in [6, 6.07) is 13.1. The molecule has 7 heteroatoms. The third-order valence-electron chi connectivity index (χ3n) is 4.53. The molecule has 142 valence electrons. The van der Waals surface area contributed by atoms with Gasteiger partial charge in [0.25, 0.3) is 5.91 Å². The van der Waals surface area contributed by atoms with Gasteiger partial charge in [0.05, 0.1) is 22.8 Å². The van der Waals surface area contributed by atoms with Crippen molar-refractivity contribution >= 4 is 16.9 Å².